The molecule has 94 valence electrons. The molecule has 1 aliphatic rings. The first-order chi connectivity index (χ1) is 8.22. The van der Waals surface area contributed by atoms with Crippen LogP contribution in [0.2, 0.25) is 5.15 Å². The lowest BCUT2D eigenvalue weighted by molar-refractivity contribution is 0.317. The van der Waals surface area contributed by atoms with Crippen LogP contribution in [0.1, 0.15) is 44.6 Å². The predicted molar refractivity (Wildman–Crippen MR) is 73.6 cm³/mol. The van der Waals surface area contributed by atoms with Gasteiger partial charge in [-0.3, -0.25) is 0 Å². The Hall–Kier alpha value is -0.760. The molecule has 2 nitrogen and oxygen atoms in total. The third-order valence-electron chi connectivity index (χ3n) is 3.88. The lowest BCUT2D eigenvalue weighted by atomic mass is 9.83. The van der Waals surface area contributed by atoms with Crippen molar-refractivity contribution >= 4 is 17.3 Å². The van der Waals surface area contributed by atoms with Crippen molar-refractivity contribution in [3.05, 3.63) is 23.0 Å². The molecule has 0 bridgehead atoms. The fourth-order valence-corrected chi connectivity index (χ4v) is 3.03. The maximum atomic E-state index is 6.17. The summed E-state index contributed by atoms with van der Waals surface area (Å²) in [6, 6.07) is 2.58. The average molecular weight is 253 g/mol. The second-order valence-electron chi connectivity index (χ2n) is 5.00. The summed E-state index contributed by atoms with van der Waals surface area (Å²) in [7, 11) is 0. The molecule has 1 heterocycles. The van der Waals surface area contributed by atoms with Gasteiger partial charge in [-0.25, -0.2) is 4.98 Å². The van der Waals surface area contributed by atoms with E-state index in [0.717, 1.165) is 11.6 Å². The Kier molecular flexibility index (Phi) is 4.27. The van der Waals surface area contributed by atoms with E-state index in [2.05, 4.69) is 24.1 Å². The minimum atomic E-state index is 0.564. The van der Waals surface area contributed by atoms with E-state index >= 15 is 0 Å². The maximum absolute atomic E-state index is 6.17. The molecule has 0 aliphatic heterocycles. The Bertz CT molecular complexity index is 358. The van der Waals surface area contributed by atoms with Gasteiger partial charge in [0.05, 0.1) is 5.69 Å². The van der Waals surface area contributed by atoms with Crippen molar-refractivity contribution < 1.29 is 0 Å². The predicted octanol–water partition coefficient (Wildman–Crippen LogP) is 4.42. The second-order valence-corrected chi connectivity index (χ2v) is 5.36. The van der Waals surface area contributed by atoms with Crippen molar-refractivity contribution in [2.75, 3.05) is 5.32 Å². The quantitative estimate of drug-likeness (QED) is 0.806. The molecule has 1 aliphatic carbocycles. The summed E-state index contributed by atoms with van der Waals surface area (Å²) in [5, 5.41) is 4.23. The Morgan fingerprint density at radius 3 is 2.88 bits per heavy atom. The molecule has 0 radical (unpaired) electrons. The molecule has 2 rings (SSSR count). The highest BCUT2D eigenvalue weighted by Crippen LogP contribution is 2.32. The molecular weight excluding hydrogens is 232 g/mol. The summed E-state index contributed by atoms with van der Waals surface area (Å²) in [5.74, 6) is 0.777. The van der Waals surface area contributed by atoms with Gasteiger partial charge in [-0.1, -0.05) is 37.8 Å². The minimum absolute atomic E-state index is 0.564. The van der Waals surface area contributed by atoms with Crippen molar-refractivity contribution in [3.63, 3.8) is 0 Å². The zero-order chi connectivity index (χ0) is 12.3. The van der Waals surface area contributed by atoms with Crippen molar-refractivity contribution in [1.29, 1.82) is 0 Å². The van der Waals surface area contributed by atoms with Gasteiger partial charge >= 0.3 is 0 Å². The molecule has 1 aromatic heterocycles. The first kappa shape index (κ1) is 12.7. The van der Waals surface area contributed by atoms with E-state index in [4.69, 9.17) is 11.6 Å². The van der Waals surface area contributed by atoms with Crippen LogP contribution in [0.5, 0.6) is 0 Å². The van der Waals surface area contributed by atoms with Gasteiger partial charge in [-0.15, -0.1) is 0 Å². The summed E-state index contributed by atoms with van der Waals surface area (Å²) in [5.41, 5.74) is 2.21. The Labute approximate surface area is 109 Å². The lowest BCUT2D eigenvalue weighted by Gasteiger charge is -2.32. The van der Waals surface area contributed by atoms with Crippen LogP contribution < -0.4 is 5.32 Å². The summed E-state index contributed by atoms with van der Waals surface area (Å²) < 4.78 is 0. The molecule has 2 unspecified atom stereocenters. The van der Waals surface area contributed by atoms with Crippen LogP contribution in [0.25, 0.3) is 0 Å². The van der Waals surface area contributed by atoms with E-state index in [0.29, 0.717) is 11.2 Å². The van der Waals surface area contributed by atoms with Gasteiger partial charge in [-0.2, -0.15) is 0 Å². The number of nitrogens with zero attached hydrogens (tertiary/aromatic N) is 1. The molecule has 2 atom stereocenters. The number of nitrogens with one attached hydrogen (secondary N) is 1. The summed E-state index contributed by atoms with van der Waals surface area (Å²) in [6.45, 7) is 4.36. The summed E-state index contributed by atoms with van der Waals surface area (Å²) >= 11 is 6.17. The highest BCUT2D eigenvalue weighted by Gasteiger charge is 2.24. The third kappa shape index (κ3) is 2.92. The standard InChI is InChI=1S/C14H21ClN2/c1-3-11-6-4-5-7-12(11)17-13-10(2)8-9-16-14(13)15/h8-9,11-12,17H,3-7H2,1-2H3. The molecule has 3 heteroatoms. The van der Waals surface area contributed by atoms with Crippen LogP contribution in [-0.2, 0) is 0 Å². The van der Waals surface area contributed by atoms with Crippen molar-refractivity contribution in [2.24, 2.45) is 5.92 Å². The van der Waals surface area contributed by atoms with Crippen LogP contribution in [0, 0.1) is 12.8 Å². The van der Waals surface area contributed by atoms with Crippen LogP contribution in [0.15, 0.2) is 12.3 Å². The fourth-order valence-electron chi connectivity index (χ4n) is 2.77. The fraction of sp³-hybridized carbons (Fsp3) is 0.643. The monoisotopic (exact) mass is 252 g/mol. The maximum Gasteiger partial charge on any atom is 0.152 e. The van der Waals surface area contributed by atoms with Gasteiger partial charge in [0.1, 0.15) is 0 Å². The second kappa shape index (κ2) is 5.72. The molecule has 17 heavy (non-hydrogen) atoms. The van der Waals surface area contributed by atoms with E-state index < -0.39 is 0 Å². The lowest BCUT2D eigenvalue weighted by Crippen LogP contribution is -2.32. The summed E-state index contributed by atoms with van der Waals surface area (Å²) in [6.07, 6.45) is 8.30. The number of hydrogen-bond acceptors (Lipinski definition) is 2. The average Bonchev–Trinajstić information content (AvgIpc) is 2.34. The number of aryl methyl sites for hydroxylation is 1. The zero-order valence-electron chi connectivity index (χ0n) is 10.7. The third-order valence-corrected chi connectivity index (χ3v) is 4.16. The number of rotatable bonds is 3. The minimum Gasteiger partial charge on any atom is -0.379 e. The molecule has 0 aromatic carbocycles. The Balaban J connectivity index is 2.13. The van der Waals surface area contributed by atoms with Crippen LogP contribution in [0.3, 0.4) is 0 Å². The molecule has 0 amide bonds. The van der Waals surface area contributed by atoms with Crippen LogP contribution in [0.4, 0.5) is 5.69 Å². The van der Waals surface area contributed by atoms with Gasteiger partial charge in [0.2, 0.25) is 0 Å². The van der Waals surface area contributed by atoms with E-state index in [1.807, 2.05) is 6.07 Å². The number of halogens is 1. The Morgan fingerprint density at radius 2 is 2.18 bits per heavy atom. The van der Waals surface area contributed by atoms with Gasteiger partial charge < -0.3 is 5.32 Å². The number of aromatic nitrogens is 1. The first-order valence-corrected chi connectivity index (χ1v) is 6.97. The van der Waals surface area contributed by atoms with Gasteiger partial charge in [0.15, 0.2) is 5.15 Å². The van der Waals surface area contributed by atoms with Gasteiger partial charge in [0.25, 0.3) is 0 Å². The topological polar surface area (TPSA) is 24.9 Å². The normalized spacial score (nSPS) is 24.6. The van der Waals surface area contributed by atoms with E-state index in [1.54, 1.807) is 6.20 Å². The van der Waals surface area contributed by atoms with E-state index in [9.17, 15) is 0 Å². The molecule has 1 saturated carbocycles. The molecule has 1 fully saturated rings. The largest absolute Gasteiger partial charge is 0.379 e. The highest BCUT2D eigenvalue weighted by atomic mass is 35.5. The smallest absolute Gasteiger partial charge is 0.152 e. The SMILES string of the molecule is CCC1CCCCC1Nc1c(C)ccnc1Cl. The van der Waals surface area contributed by atoms with Crippen molar-refractivity contribution in [2.45, 2.75) is 52.0 Å². The molecule has 1 N–H and O–H groups in total. The van der Waals surface area contributed by atoms with Crippen molar-refractivity contribution in [3.8, 4) is 0 Å². The van der Waals surface area contributed by atoms with E-state index in [-0.39, 0.29) is 0 Å². The molecular formula is C14H21ClN2. The number of anilines is 1. The highest BCUT2D eigenvalue weighted by molar-refractivity contribution is 6.32. The van der Waals surface area contributed by atoms with Gasteiger partial charge in [-0.05, 0) is 37.3 Å². The van der Waals surface area contributed by atoms with E-state index in [1.165, 1.54) is 37.7 Å². The summed E-state index contributed by atoms with van der Waals surface area (Å²) in [4.78, 5) is 4.16. The number of pyridine rings is 1. The van der Waals surface area contributed by atoms with Crippen molar-refractivity contribution in [1.82, 2.24) is 4.98 Å². The van der Waals surface area contributed by atoms with Crippen LogP contribution in [-0.4, -0.2) is 11.0 Å². The molecule has 1 aromatic rings. The van der Waals surface area contributed by atoms with Gasteiger partial charge in [0, 0.05) is 12.2 Å². The number of hydrogen-bond donors (Lipinski definition) is 1. The zero-order valence-corrected chi connectivity index (χ0v) is 11.4. The molecule has 0 spiro atoms. The molecule has 0 saturated heterocycles. The first-order valence-electron chi connectivity index (χ1n) is 6.60. The Morgan fingerprint density at radius 1 is 1.41 bits per heavy atom. The van der Waals surface area contributed by atoms with Crippen LogP contribution >= 0.6 is 11.6 Å².